The Labute approximate surface area is 128 Å². The summed E-state index contributed by atoms with van der Waals surface area (Å²) in [5.74, 6) is -0.642. The summed E-state index contributed by atoms with van der Waals surface area (Å²) in [4.78, 5) is 22.9. The van der Waals surface area contributed by atoms with Crippen molar-refractivity contribution in [3.8, 4) is 5.75 Å². The predicted octanol–water partition coefficient (Wildman–Crippen LogP) is 2.62. The maximum absolute atomic E-state index is 12.0. The van der Waals surface area contributed by atoms with Crippen LogP contribution in [0.1, 0.15) is 32.1 Å². The van der Waals surface area contributed by atoms with Gasteiger partial charge in [0.15, 0.2) is 6.61 Å². The van der Waals surface area contributed by atoms with E-state index in [4.69, 9.17) is 21.4 Å². The first-order valence-corrected chi connectivity index (χ1v) is 7.28. The summed E-state index contributed by atoms with van der Waals surface area (Å²) >= 11 is 5.76. The van der Waals surface area contributed by atoms with E-state index >= 15 is 0 Å². The van der Waals surface area contributed by atoms with Gasteiger partial charge in [0.1, 0.15) is 5.75 Å². The van der Waals surface area contributed by atoms with E-state index < -0.39 is 11.5 Å². The SMILES string of the molecule is O=C(O)CC1(NC(=O)COc2ccc(Cl)cc2)CCCC1. The lowest BCUT2D eigenvalue weighted by molar-refractivity contribution is -0.139. The average molecular weight is 312 g/mol. The van der Waals surface area contributed by atoms with Gasteiger partial charge in [-0.05, 0) is 37.1 Å². The number of rotatable bonds is 6. The van der Waals surface area contributed by atoms with Crippen molar-refractivity contribution in [3.63, 3.8) is 0 Å². The number of hydrogen-bond donors (Lipinski definition) is 2. The van der Waals surface area contributed by atoms with Crippen LogP contribution in [-0.2, 0) is 9.59 Å². The number of nitrogens with one attached hydrogen (secondary N) is 1. The number of carboxylic acids is 1. The van der Waals surface area contributed by atoms with Gasteiger partial charge in [-0.25, -0.2) is 0 Å². The van der Waals surface area contributed by atoms with Crippen molar-refractivity contribution in [1.29, 1.82) is 0 Å². The fraction of sp³-hybridized carbons (Fsp3) is 0.467. The minimum atomic E-state index is -0.893. The summed E-state index contributed by atoms with van der Waals surface area (Å²) in [5.41, 5.74) is -0.619. The molecule has 1 aliphatic carbocycles. The number of halogens is 1. The van der Waals surface area contributed by atoms with Gasteiger partial charge in [-0.1, -0.05) is 24.4 Å². The zero-order valence-corrected chi connectivity index (χ0v) is 12.4. The van der Waals surface area contributed by atoms with E-state index in [-0.39, 0.29) is 18.9 Å². The van der Waals surface area contributed by atoms with Crippen LogP contribution in [0.15, 0.2) is 24.3 Å². The Morgan fingerprint density at radius 1 is 1.24 bits per heavy atom. The van der Waals surface area contributed by atoms with E-state index in [9.17, 15) is 9.59 Å². The molecule has 0 aromatic heterocycles. The van der Waals surface area contributed by atoms with Gasteiger partial charge < -0.3 is 15.2 Å². The quantitative estimate of drug-likeness (QED) is 0.847. The minimum Gasteiger partial charge on any atom is -0.484 e. The lowest BCUT2D eigenvalue weighted by Crippen LogP contribution is -2.49. The summed E-state index contributed by atoms with van der Waals surface area (Å²) < 4.78 is 5.36. The van der Waals surface area contributed by atoms with E-state index in [1.807, 2.05) is 0 Å². The highest BCUT2D eigenvalue weighted by Gasteiger charge is 2.37. The molecule has 1 amide bonds. The molecule has 1 aromatic carbocycles. The predicted molar refractivity (Wildman–Crippen MR) is 78.5 cm³/mol. The van der Waals surface area contributed by atoms with Crippen LogP contribution in [0.4, 0.5) is 0 Å². The van der Waals surface area contributed by atoms with Crippen LogP contribution in [0.3, 0.4) is 0 Å². The molecular formula is C15H18ClNO4. The van der Waals surface area contributed by atoms with E-state index in [1.54, 1.807) is 24.3 Å². The van der Waals surface area contributed by atoms with Crippen molar-refractivity contribution < 1.29 is 19.4 Å². The molecule has 2 rings (SSSR count). The molecule has 0 aliphatic heterocycles. The van der Waals surface area contributed by atoms with Gasteiger partial charge in [0.25, 0.3) is 5.91 Å². The molecule has 21 heavy (non-hydrogen) atoms. The van der Waals surface area contributed by atoms with E-state index in [2.05, 4.69) is 5.32 Å². The molecule has 1 fully saturated rings. The third kappa shape index (κ3) is 4.63. The fourth-order valence-corrected chi connectivity index (χ4v) is 2.82. The number of benzene rings is 1. The summed E-state index contributed by atoms with van der Waals surface area (Å²) in [6.07, 6.45) is 3.23. The number of hydrogen-bond acceptors (Lipinski definition) is 3. The highest BCUT2D eigenvalue weighted by molar-refractivity contribution is 6.30. The van der Waals surface area contributed by atoms with Crippen LogP contribution in [0.5, 0.6) is 5.75 Å². The van der Waals surface area contributed by atoms with Crippen molar-refractivity contribution in [2.24, 2.45) is 0 Å². The number of carbonyl (C=O) groups excluding carboxylic acids is 1. The lowest BCUT2D eigenvalue weighted by Gasteiger charge is -2.28. The smallest absolute Gasteiger partial charge is 0.305 e. The first-order chi connectivity index (χ1) is 9.99. The lowest BCUT2D eigenvalue weighted by atomic mass is 9.93. The molecule has 2 N–H and O–H groups in total. The fourth-order valence-electron chi connectivity index (χ4n) is 2.70. The van der Waals surface area contributed by atoms with Crippen molar-refractivity contribution >= 4 is 23.5 Å². The number of aliphatic carboxylic acids is 1. The first kappa shape index (κ1) is 15.6. The molecule has 1 aliphatic rings. The van der Waals surface area contributed by atoms with Gasteiger partial charge >= 0.3 is 5.97 Å². The van der Waals surface area contributed by atoms with Gasteiger partial charge in [-0.15, -0.1) is 0 Å². The Kier molecular flexibility index (Phi) is 5.07. The standard InChI is InChI=1S/C15H18ClNO4/c16-11-3-5-12(6-4-11)21-10-13(18)17-15(9-14(19)20)7-1-2-8-15/h3-6H,1-2,7-10H2,(H,17,18)(H,19,20). The first-order valence-electron chi connectivity index (χ1n) is 6.90. The molecule has 0 saturated heterocycles. The molecule has 6 heteroatoms. The zero-order valence-electron chi connectivity index (χ0n) is 11.6. The zero-order chi connectivity index (χ0) is 15.3. The highest BCUT2D eigenvalue weighted by Crippen LogP contribution is 2.32. The minimum absolute atomic E-state index is 0.0420. The molecule has 0 unspecified atom stereocenters. The normalized spacial score (nSPS) is 16.4. The second kappa shape index (κ2) is 6.80. The van der Waals surface area contributed by atoms with Gasteiger partial charge in [0, 0.05) is 5.02 Å². The Balaban J connectivity index is 1.87. The van der Waals surface area contributed by atoms with Crippen LogP contribution >= 0.6 is 11.6 Å². The molecule has 114 valence electrons. The maximum atomic E-state index is 12.0. The van der Waals surface area contributed by atoms with Gasteiger partial charge in [-0.3, -0.25) is 9.59 Å². The summed E-state index contributed by atoms with van der Waals surface area (Å²) in [6, 6.07) is 6.71. The molecule has 0 spiro atoms. The van der Waals surface area contributed by atoms with Crippen LogP contribution in [0.25, 0.3) is 0 Å². The molecule has 5 nitrogen and oxygen atoms in total. The maximum Gasteiger partial charge on any atom is 0.305 e. The number of carbonyl (C=O) groups is 2. The van der Waals surface area contributed by atoms with E-state index in [0.717, 1.165) is 12.8 Å². The topological polar surface area (TPSA) is 75.6 Å². The third-order valence-corrected chi connectivity index (χ3v) is 3.89. The second-order valence-electron chi connectivity index (χ2n) is 5.35. The van der Waals surface area contributed by atoms with Crippen molar-refractivity contribution in [1.82, 2.24) is 5.32 Å². The Morgan fingerprint density at radius 2 is 1.86 bits per heavy atom. The van der Waals surface area contributed by atoms with Crippen LogP contribution in [0, 0.1) is 0 Å². The Hall–Kier alpha value is -1.75. The summed E-state index contributed by atoms with van der Waals surface area (Å²) in [5, 5.41) is 12.4. The molecular weight excluding hydrogens is 294 g/mol. The van der Waals surface area contributed by atoms with E-state index in [0.29, 0.717) is 23.6 Å². The number of carboxylic acid groups (broad SMARTS) is 1. The van der Waals surface area contributed by atoms with Crippen LogP contribution in [-0.4, -0.2) is 29.1 Å². The number of ether oxygens (including phenoxy) is 1. The second-order valence-corrected chi connectivity index (χ2v) is 5.79. The van der Waals surface area contributed by atoms with Crippen molar-refractivity contribution in [3.05, 3.63) is 29.3 Å². The molecule has 0 atom stereocenters. The molecule has 0 radical (unpaired) electrons. The Bertz CT molecular complexity index is 509. The summed E-state index contributed by atoms with van der Waals surface area (Å²) in [6.45, 7) is -0.136. The van der Waals surface area contributed by atoms with Crippen molar-refractivity contribution in [2.45, 2.75) is 37.6 Å². The van der Waals surface area contributed by atoms with Gasteiger partial charge in [-0.2, -0.15) is 0 Å². The molecule has 0 bridgehead atoms. The van der Waals surface area contributed by atoms with Crippen LogP contribution in [0.2, 0.25) is 5.02 Å². The van der Waals surface area contributed by atoms with Crippen molar-refractivity contribution in [2.75, 3.05) is 6.61 Å². The molecule has 1 saturated carbocycles. The Morgan fingerprint density at radius 3 is 2.43 bits per heavy atom. The van der Waals surface area contributed by atoms with Gasteiger partial charge in [0.05, 0.1) is 12.0 Å². The van der Waals surface area contributed by atoms with Gasteiger partial charge in [0.2, 0.25) is 0 Å². The molecule has 0 heterocycles. The number of amides is 1. The summed E-state index contributed by atoms with van der Waals surface area (Å²) in [7, 11) is 0. The largest absolute Gasteiger partial charge is 0.484 e. The molecule has 1 aromatic rings. The van der Waals surface area contributed by atoms with E-state index in [1.165, 1.54) is 0 Å². The third-order valence-electron chi connectivity index (χ3n) is 3.64. The highest BCUT2D eigenvalue weighted by atomic mass is 35.5. The average Bonchev–Trinajstić information content (AvgIpc) is 2.85. The monoisotopic (exact) mass is 311 g/mol. The van der Waals surface area contributed by atoms with Crippen LogP contribution < -0.4 is 10.1 Å².